The molecule has 2 aromatic carbocycles. The van der Waals surface area contributed by atoms with E-state index in [1.165, 1.54) is 26.4 Å². The van der Waals surface area contributed by atoms with Gasteiger partial charge in [0, 0.05) is 31.1 Å². The van der Waals surface area contributed by atoms with Crippen molar-refractivity contribution >= 4 is 23.3 Å². The Morgan fingerprint density at radius 1 is 1.18 bits per heavy atom. The van der Waals surface area contributed by atoms with Gasteiger partial charge in [0.1, 0.15) is 5.82 Å². The van der Waals surface area contributed by atoms with Crippen molar-refractivity contribution in [2.75, 3.05) is 37.5 Å². The third kappa shape index (κ3) is 4.33. The number of amides is 3. The van der Waals surface area contributed by atoms with Crippen LogP contribution in [-0.4, -0.2) is 39.2 Å². The third-order valence-electron chi connectivity index (χ3n) is 4.55. The summed E-state index contributed by atoms with van der Waals surface area (Å²) < 4.78 is 23.6. The van der Waals surface area contributed by atoms with Gasteiger partial charge in [0.05, 0.1) is 19.9 Å². The van der Waals surface area contributed by atoms with Crippen LogP contribution in [-0.2, 0) is 4.79 Å². The number of anilines is 2. The number of ether oxygens (including phenoxy) is 2. The number of nitrogens with zero attached hydrogens (tertiary/aromatic N) is 1. The molecule has 148 valence electrons. The number of hydrogen-bond acceptors (Lipinski definition) is 4. The average Bonchev–Trinajstić information content (AvgIpc) is 3.07. The van der Waals surface area contributed by atoms with E-state index < -0.39 is 6.03 Å². The van der Waals surface area contributed by atoms with E-state index in [1.54, 1.807) is 35.2 Å². The summed E-state index contributed by atoms with van der Waals surface area (Å²) in [6.45, 7) is 0.800. The predicted octanol–water partition coefficient (Wildman–Crippen LogP) is 3.02. The van der Waals surface area contributed by atoms with Crippen LogP contribution >= 0.6 is 0 Å². The number of hydrogen-bond donors (Lipinski definition) is 2. The van der Waals surface area contributed by atoms with E-state index in [0.29, 0.717) is 42.4 Å². The lowest BCUT2D eigenvalue weighted by Crippen LogP contribution is -2.34. The Kier molecular flexibility index (Phi) is 5.98. The highest BCUT2D eigenvalue weighted by atomic mass is 19.1. The van der Waals surface area contributed by atoms with E-state index in [-0.39, 0.29) is 17.6 Å². The summed E-state index contributed by atoms with van der Waals surface area (Å²) in [5.74, 6) is 0.511. The van der Waals surface area contributed by atoms with Crippen molar-refractivity contribution in [2.45, 2.75) is 6.42 Å². The van der Waals surface area contributed by atoms with Crippen molar-refractivity contribution < 1.29 is 23.5 Å². The van der Waals surface area contributed by atoms with Crippen LogP contribution in [0.1, 0.15) is 6.42 Å². The smallest absolute Gasteiger partial charge is 0.319 e. The van der Waals surface area contributed by atoms with Crippen LogP contribution in [0.5, 0.6) is 11.5 Å². The van der Waals surface area contributed by atoms with Crippen LogP contribution in [0.2, 0.25) is 0 Å². The average molecular weight is 387 g/mol. The minimum absolute atomic E-state index is 0.0319. The van der Waals surface area contributed by atoms with Crippen LogP contribution in [0.3, 0.4) is 0 Å². The molecule has 0 radical (unpaired) electrons. The minimum Gasteiger partial charge on any atom is -0.493 e. The predicted molar refractivity (Wildman–Crippen MR) is 103 cm³/mol. The van der Waals surface area contributed by atoms with Crippen molar-refractivity contribution in [1.82, 2.24) is 5.32 Å². The molecule has 0 saturated carbocycles. The van der Waals surface area contributed by atoms with Crippen molar-refractivity contribution in [3.8, 4) is 11.5 Å². The number of rotatable bonds is 6. The number of para-hydroxylation sites is 1. The standard InChI is InChI=1S/C20H22FN3O4/c1-27-17-5-3-4-16(19(17)28-2)23-20(26)22-11-13-10-18(25)24(12-13)15-8-6-14(21)7-9-15/h3-9,13H,10-12H2,1-2H3,(H2,22,23,26). The number of nitrogens with one attached hydrogen (secondary N) is 2. The molecular formula is C20H22FN3O4. The maximum absolute atomic E-state index is 13.1. The van der Waals surface area contributed by atoms with Gasteiger partial charge in [0.25, 0.3) is 0 Å². The summed E-state index contributed by atoms with van der Waals surface area (Å²) in [4.78, 5) is 26.1. The normalized spacial score (nSPS) is 16.0. The van der Waals surface area contributed by atoms with Gasteiger partial charge in [-0.25, -0.2) is 9.18 Å². The maximum Gasteiger partial charge on any atom is 0.319 e. The Labute approximate surface area is 162 Å². The molecule has 0 bridgehead atoms. The van der Waals surface area contributed by atoms with E-state index >= 15 is 0 Å². The molecule has 7 nitrogen and oxygen atoms in total. The Hall–Kier alpha value is -3.29. The lowest BCUT2D eigenvalue weighted by molar-refractivity contribution is -0.117. The zero-order valence-electron chi connectivity index (χ0n) is 15.7. The van der Waals surface area contributed by atoms with Gasteiger partial charge in [-0.05, 0) is 36.4 Å². The monoisotopic (exact) mass is 387 g/mol. The molecule has 0 spiro atoms. The summed E-state index contributed by atoms with van der Waals surface area (Å²) in [5, 5.41) is 5.50. The van der Waals surface area contributed by atoms with E-state index in [1.807, 2.05) is 0 Å². The molecule has 2 N–H and O–H groups in total. The molecule has 1 aliphatic heterocycles. The molecule has 1 heterocycles. The molecule has 1 fully saturated rings. The van der Waals surface area contributed by atoms with Gasteiger partial charge in [0.2, 0.25) is 5.91 Å². The molecule has 2 aromatic rings. The Morgan fingerprint density at radius 3 is 2.61 bits per heavy atom. The molecule has 3 amide bonds. The summed E-state index contributed by atoms with van der Waals surface area (Å²) in [7, 11) is 3.01. The highest BCUT2D eigenvalue weighted by Gasteiger charge is 2.30. The zero-order chi connectivity index (χ0) is 20.1. The second kappa shape index (κ2) is 8.60. The second-order valence-electron chi connectivity index (χ2n) is 6.43. The van der Waals surface area contributed by atoms with Crippen molar-refractivity contribution in [2.24, 2.45) is 5.92 Å². The van der Waals surface area contributed by atoms with E-state index in [9.17, 15) is 14.0 Å². The fourth-order valence-electron chi connectivity index (χ4n) is 3.18. The summed E-state index contributed by atoms with van der Waals surface area (Å²) in [6.07, 6.45) is 0.320. The number of carbonyl (C=O) groups is 2. The number of benzene rings is 2. The van der Waals surface area contributed by atoms with Crippen molar-refractivity contribution in [3.05, 3.63) is 48.3 Å². The Morgan fingerprint density at radius 2 is 1.93 bits per heavy atom. The van der Waals surface area contributed by atoms with Gasteiger partial charge in [-0.3, -0.25) is 4.79 Å². The molecular weight excluding hydrogens is 365 g/mol. The van der Waals surface area contributed by atoms with Crippen LogP contribution in [0.15, 0.2) is 42.5 Å². The quantitative estimate of drug-likeness (QED) is 0.799. The third-order valence-corrected chi connectivity index (χ3v) is 4.55. The molecule has 0 aliphatic carbocycles. The number of urea groups is 1. The maximum atomic E-state index is 13.1. The first-order valence-electron chi connectivity index (χ1n) is 8.83. The van der Waals surface area contributed by atoms with E-state index in [0.717, 1.165) is 0 Å². The SMILES string of the molecule is COc1cccc(NC(=O)NCC2CC(=O)N(c3ccc(F)cc3)C2)c1OC. The largest absolute Gasteiger partial charge is 0.493 e. The zero-order valence-corrected chi connectivity index (χ0v) is 15.7. The first kappa shape index (κ1) is 19.5. The van der Waals surface area contributed by atoms with Crippen molar-refractivity contribution in [3.63, 3.8) is 0 Å². The summed E-state index contributed by atoms with van der Waals surface area (Å²) in [5.41, 5.74) is 1.13. The van der Waals surface area contributed by atoms with Gasteiger partial charge in [-0.15, -0.1) is 0 Å². The van der Waals surface area contributed by atoms with E-state index in [2.05, 4.69) is 10.6 Å². The van der Waals surface area contributed by atoms with Gasteiger partial charge in [0.15, 0.2) is 11.5 Å². The Balaban J connectivity index is 1.56. The number of halogens is 1. The molecule has 8 heteroatoms. The lowest BCUT2D eigenvalue weighted by atomic mass is 10.1. The minimum atomic E-state index is -0.403. The van der Waals surface area contributed by atoms with Gasteiger partial charge < -0.3 is 25.0 Å². The van der Waals surface area contributed by atoms with Crippen LogP contribution in [0.25, 0.3) is 0 Å². The molecule has 1 aliphatic rings. The summed E-state index contributed by atoms with van der Waals surface area (Å²) in [6, 6.07) is 10.6. The molecule has 0 aromatic heterocycles. The molecule has 1 unspecified atom stereocenters. The molecule has 3 rings (SSSR count). The van der Waals surface area contributed by atoms with Crippen LogP contribution in [0, 0.1) is 11.7 Å². The topological polar surface area (TPSA) is 79.9 Å². The first-order chi connectivity index (χ1) is 13.5. The second-order valence-corrected chi connectivity index (χ2v) is 6.43. The first-order valence-corrected chi connectivity index (χ1v) is 8.83. The van der Waals surface area contributed by atoms with Gasteiger partial charge in [-0.2, -0.15) is 0 Å². The fourth-order valence-corrected chi connectivity index (χ4v) is 3.18. The van der Waals surface area contributed by atoms with Gasteiger partial charge >= 0.3 is 6.03 Å². The Bertz CT molecular complexity index is 857. The van der Waals surface area contributed by atoms with Crippen molar-refractivity contribution in [1.29, 1.82) is 0 Å². The number of methoxy groups -OCH3 is 2. The summed E-state index contributed by atoms with van der Waals surface area (Å²) >= 11 is 0. The van der Waals surface area contributed by atoms with Gasteiger partial charge in [-0.1, -0.05) is 6.07 Å². The fraction of sp³-hybridized carbons (Fsp3) is 0.300. The molecule has 1 saturated heterocycles. The van der Waals surface area contributed by atoms with Crippen LogP contribution in [0.4, 0.5) is 20.6 Å². The molecule has 28 heavy (non-hydrogen) atoms. The highest BCUT2D eigenvalue weighted by molar-refractivity contribution is 5.96. The van der Waals surface area contributed by atoms with E-state index in [4.69, 9.17) is 9.47 Å². The van der Waals surface area contributed by atoms with Crippen LogP contribution < -0.4 is 25.0 Å². The number of carbonyl (C=O) groups excluding carboxylic acids is 2. The lowest BCUT2D eigenvalue weighted by Gasteiger charge is -2.17. The molecule has 1 atom stereocenters. The highest BCUT2D eigenvalue weighted by Crippen LogP contribution is 2.34.